The number of benzene rings is 3. The average molecular weight is 407 g/mol. The van der Waals surface area contributed by atoms with Gasteiger partial charge in [0.1, 0.15) is 12.4 Å². The number of aromatic carboxylic acids is 1. The lowest BCUT2D eigenvalue weighted by Gasteiger charge is -2.11. The van der Waals surface area contributed by atoms with Gasteiger partial charge >= 0.3 is 5.97 Å². The molecule has 0 unspecified atom stereocenters. The Kier molecular flexibility index (Phi) is 6.32. The van der Waals surface area contributed by atoms with Crippen molar-refractivity contribution in [3.05, 3.63) is 96.2 Å². The van der Waals surface area contributed by atoms with Gasteiger partial charge in [-0.1, -0.05) is 42.5 Å². The Morgan fingerprint density at radius 1 is 0.931 bits per heavy atom. The van der Waals surface area contributed by atoms with Crippen LogP contribution in [0, 0.1) is 0 Å². The van der Waals surface area contributed by atoms with Crippen molar-refractivity contribution in [1.82, 2.24) is 4.98 Å². The van der Waals surface area contributed by atoms with Gasteiger partial charge in [-0.05, 0) is 36.4 Å². The second-order valence-electron chi connectivity index (χ2n) is 6.29. The predicted octanol–water partition coefficient (Wildman–Crippen LogP) is 5.68. The highest BCUT2D eigenvalue weighted by atomic mass is 35.5. The minimum absolute atomic E-state index is 0. The average Bonchev–Trinajstić information content (AvgIpc) is 2.73. The van der Waals surface area contributed by atoms with Crippen LogP contribution in [-0.2, 0) is 6.61 Å². The van der Waals surface area contributed by atoms with Gasteiger partial charge in [-0.25, -0.2) is 9.78 Å². The zero-order valence-corrected chi connectivity index (χ0v) is 16.2. The number of fused-ring (bicyclic) bond motifs is 1. The van der Waals surface area contributed by atoms with Crippen molar-refractivity contribution in [2.45, 2.75) is 6.61 Å². The molecule has 0 aliphatic carbocycles. The molecule has 0 saturated carbocycles. The van der Waals surface area contributed by atoms with Gasteiger partial charge in [0.05, 0.1) is 22.5 Å². The number of aromatic nitrogens is 1. The smallest absolute Gasteiger partial charge is 0.337 e. The molecular weight excluding hydrogens is 388 g/mol. The highest BCUT2D eigenvalue weighted by Crippen LogP contribution is 2.24. The van der Waals surface area contributed by atoms with Crippen LogP contribution in [0.15, 0.2) is 84.9 Å². The number of carboxylic acid groups (broad SMARTS) is 1. The van der Waals surface area contributed by atoms with Crippen LogP contribution in [0.1, 0.15) is 16.1 Å². The third-order valence-electron chi connectivity index (χ3n) is 4.31. The first-order chi connectivity index (χ1) is 13.7. The van der Waals surface area contributed by atoms with Crippen LogP contribution in [0.3, 0.4) is 0 Å². The standard InChI is InChI=1S/C23H18N2O3.ClH/c26-23(27)20-9-2-4-11-22(20)24-17-7-5-8-19(14-17)28-15-18-13-12-16-6-1-3-10-21(16)25-18;/h1-14,24H,15H2,(H,26,27);1H. The van der Waals surface area contributed by atoms with E-state index in [0.29, 0.717) is 18.0 Å². The number of para-hydroxylation sites is 2. The quantitative estimate of drug-likeness (QED) is 0.431. The molecule has 0 aliphatic rings. The lowest BCUT2D eigenvalue weighted by molar-refractivity contribution is 0.0698. The van der Waals surface area contributed by atoms with Crippen molar-refractivity contribution in [2.75, 3.05) is 5.32 Å². The molecule has 146 valence electrons. The van der Waals surface area contributed by atoms with Crippen molar-refractivity contribution in [3.8, 4) is 5.75 Å². The summed E-state index contributed by atoms with van der Waals surface area (Å²) in [7, 11) is 0. The molecule has 4 aromatic rings. The summed E-state index contributed by atoms with van der Waals surface area (Å²) >= 11 is 0. The zero-order valence-electron chi connectivity index (χ0n) is 15.4. The number of pyridine rings is 1. The molecule has 0 atom stereocenters. The third-order valence-corrected chi connectivity index (χ3v) is 4.31. The summed E-state index contributed by atoms with van der Waals surface area (Å²) < 4.78 is 5.88. The first-order valence-electron chi connectivity index (χ1n) is 8.86. The highest BCUT2D eigenvalue weighted by Gasteiger charge is 2.09. The van der Waals surface area contributed by atoms with Crippen LogP contribution in [0.2, 0.25) is 0 Å². The van der Waals surface area contributed by atoms with E-state index in [-0.39, 0.29) is 18.0 Å². The van der Waals surface area contributed by atoms with E-state index in [4.69, 9.17) is 4.74 Å². The lowest BCUT2D eigenvalue weighted by atomic mass is 10.1. The fourth-order valence-corrected chi connectivity index (χ4v) is 2.94. The number of carboxylic acids is 1. The van der Waals surface area contributed by atoms with Crippen molar-refractivity contribution < 1.29 is 14.6 Å². The Morgan fingerprint density at radius 2 is 1.72 bits per heavy atom. The van der Waals surface area contributed by atoms with E-state index in [1.54, 1.807) is 24.3 Å². The van der Waals surface area contributed by atoms with Gasteiger partial charge in [-0.15, -0.1) is 12.4 Å². The van der Waals surface area contributed by atoms with Crippen LogP contribution in [0.5, 0.6) is 5.75 Å². The van der Waals surface area contributed by atoms with Gasteiger partial charge in [-0.3, -0.25) is 0 Å². The maximum Gasteiger partial charge on any atom is 0.337 e. The molecule has 0 aliphatic heterocycles. The summed E-state index contributed by atoms with van der Waals surface area (Å²) in [4.78, 5) is 16.0. The Balaban J connectivity index is 0.00000240. The number of nitrogens with zero attached hydrogens (tertiary/aromatic N) is 1. The van der Waals surface area contributed by atoms with Gasteiger partial charge in [0.2, 0.25) is 0 Å². The number of ether oxygens (including phenoxy) is 1. The Morgan fingerprint density at radius 3 is 2.59 bits per heavy atom. The van der Waals surface area contributed by atoms with E-state index in [2.05, 4.69) is 10.3 Å². The molecule has 0 spiro atoms. The van der Waals surface area contributed by atoms with E-state index in [1.807, 2.05) is 60.7 Å². The van der Waals surface area contributed by atoms with Gasteiger partial charge in [0.25, 0.3) is 0 Å². The van der Waals surface area contributed by atoms with Crippen molar-refractivity contribution in [2.24, 2.45) is 0 Å². The first kappa shape index (κ1) is 20.2. The van der Waals surface area contributed by atoms with Gasteiger partial charge in [0, 0.05) is 17.1 Å². The molecule has 0 amide bonds. The van der Waals surface area contributed by atoms with E-state index < -0.39 is 5.97 Å². The largest absolute Gasteiger partial charge is 0.487 e. The summed E-state index contributed by atoms with van der Waals surface area (Å²) in [6.45, 7) is 0.347. The molecule has 0 radical (unpaired) electrons. The van der Waals surface area contributed by atoms with E-state index in [1.165, 1.54) is 0 Å². The molecular formula is C23H19ClN2O3. The summed E-state index contributed by atoms with van der Waals surface area (Å²) in [6, 6.07) is 26.1. The molecule has 2 N–H and O–H groups in total. The number of hydrogen-bond donors (Lipinski definition) is 2. The fourth-order valence-electron chi connectivity index (χ4n) is 2.94. The van der Waals surface area contributed by atoms with Gasteiger partial charge in [0.15, 0.2) is 0 Å². The van der Waals surface area contributed by atoms with E-state index in [9.17, 15) is 9.90 Å². The molecule has 6 heteroatoms. The minimum atomic E-state index is -0.974. The second kappa shape index (κ2) is 9.08. The Hall–Kier alpha value is -3.57. The number of anilines is 2. The number of carbonyl (C=O) groups is 1. The molecule has 0 bridgehead atoms. The maximum absolute atomic E-state index is 11.4. The van der Waals surface area contributed by atoms with Crippen LogP contribution < -0.4 is 10.1 Å². The van der Waals surface area contributed by atoms with Crippen molar-refractivity contribution >= 4 is 40.7 Å². The fraction of sp³-hybridized carbons (Fsp3) is 0.0435. The molecule has 0 fully saturated rings. The summed E-state index contributed by atoms with van der Waals surface area (Å²) in [6.07, 6.45) is 0. The number of rotatable bonds is 6. The predicted molar refractivity (Wildman–Crippen MR) is 116 cm³/mol. The van der Waals surface area contributed by atoms with Crippen LogP contribution in [0.4, 0.5) is 11.4 Å². The maximum atomic E-state index is 11.4. The number of halogens is 1. The van der Waals surface area contributed by atoms with Crippen molar-refractivity contribution in [1.29, 1.82) is 0 Å². The van der Waals surface area contributed by atoms with Gasteiger partial charge < -0.3 is 15.2 Å². The molecule has 29 heavy (non-hydrogen) atoms. The molecule has 1 heterocycles. The number of hydrogen-bond acceptors (Lipinski definition) is 4. The minimum Gasteiger partial charge on any atom is -0.487 e. The molecule has 5 nitrogen and oxygen atoms in total. The normalized spacial score (nSPS) is 10.2. The highest BCUT2D eigenvalue weighted by molar-refractivity contribution is 5.95. The molecule has 1 aromatic heterocycles. The second-order valence-corrected chi connectivity index (χ2v) is 6.29. The van der Waals surface area contributed by atoms with Crippen LogP contribution in [0.25, 0.3) is 10.9 Å². The molecule has 0 saturated heterocycles. The molecule has 4 rings (SSSR count). The summed E-state index contributed by atoms with van der Waals surface area (Å²) in [5, 5.41) is 13.5. The van der Waals surface area contributed by atoms with Crippen molar-refractivity contribution in [3.63, 3.8) is 0 Å². The molecule has 3 aromatic carbocycles. The summed E-state index contributed by atoms with van der Waals surface area (Å²) in [5.74, 6) is -0.300. The summed E-state index contributed by atoms with van der Waals surface area (Å²) in [5.41, 5.74) is 3.27. The third kappa shape index (κ3) is 4.83. The van der Waals surface area contributed by atoms with Gasteiger partial charge in [-0.2, -0.15) is 0 Å². The van der Waals surface area contributed by atoms with E-state index >= 15 is 0 Å². The monoisotopic (exact) mass is 406 g/mol. The Labute approximate surface area is 174 Å². The van der Waals surface area contributed by atoms with Crippen LogP contribution >= 0.6 is 12.4 Å². The van der Waals surface area contributed by atoms with Crippen LogP contribution in [-0.4, -0.2) is 16.1 Å². The first-order valence-corrected chi connectivity index (χ1v) is 8.86. The lowest BCUT2D eigenvalue weighted by Crippen LogP contribution is -2.02. The Bertz CT molecular complexity index is 1150. The SMILES string of the molecule is Cl.O=C(O)c1ccccc1Nc1cccc(OCc2ccc3ccccc3n2)c1. The van der Waals surface area contributed by atoms with E-state index in [0.717, 1.165) is 22.3 Å². The number of nitrogens with one attached hydrogen (secondary N) is 1. The topological polar surface area (TPSA) is 71.5 Å². The zero-order chi connectivity index (χ0) is 19.3.